The van der Waals surface area contributed by atoms with Crippen LogP contribution in [-0.4, -0.2) is 58.5 Å². The van der Waals surface area contributed by atoms with Crippen LogP contribution in [0.5, 0.6) is 0 Å². The first-order valence-corrected chi connectivity index (χ1v) is 6.31. The molecule has 1 heterocycles. The Balaban J connectivity index is 1.88. The molecule has 0 aromatic rings. The highest BCUT2D eigenvalue weighted by Crippen LogP contribution is 2.31. The van der Waals surface area contributed by atoms with Crippen molar-refractivity contribution in [2.24, 2.45) is 0 Å². The summed E-state index contributed by atoms with van der Waals surface area (Å²) < 4.78 is 0. The van der Waals surface area contributed by atoms with E-state index in [1.54, 1.807) is 6.92 Å². The van der Waals surface area contributed by atoms with Gasteiger partial charge in [-0.25, -0.2) is 0 Å². The van der Waals surface area contributed by atoms with E-state index in [0.717, 1.165) is 38.8 Å². The summed E-state index contributed by atoms with van der Waals surface area (Å²) in [4.78, 5) is 26.0. The normalized spacial score (nSPS) is 21.9. The molecule has 5 nitrogen and oxygen atoms in total. The summed E-state index contributed by atoms with van der Waals surface area (Å²) in [6, 6.07) is 0.814. The van der Waals surface area contributed by atoms with Gasteiger partial charge in [0.1, 0.15) is 0 Å². The van der Waals surface area contributed by atoms with Crippen molar-refractivity contribution in [3.05, 3.63) is 0 Å². The third-order valence-electron chi connectivity index (χ3n) is 3.71. The number of nitrogens with zero attached hydrogens (tertiary/aromatic N) is 2. The number of amides is 1. The van der Waals surface area contributed by atoms with E-state index in [-0.39, 0.29) is 12.5 Å². The van der Waals surface area contributed by atoms with Crippen molar-refractivity contribution >= 4 is 11.9 Å². The minimum Gasteiger partial charge on any atom is -0.480 e. The van der Waals surface area contributed by atoms with Gasteiger partial charge in [-0.2, -0.15) is 0 Å². The van der Waals surface area contributed by atoms with E-state index in [1.165, 1.54) is 0 Å². The van der Waals surface area contributed by atoms with Crippen LogP contribution in [0.3, 0.4) is 0 Å². The second-order valence-corrected chi connectivity index (χ2v) is 5.03. The fraction of sp³-hybridized carbons (Fsp3) is 0.833. The summed E-state index contributed by atoms with van der Waals surface area (Å²) >= 11 is 0. The zero-order valence-corrected chi connectivity index (χ0v) is 10.3. The summed E-state index contributed by atoms with van der Waals surface area (Å²) in [5.41, 5.74) is 0. The highest BCUT2D eigenvalue weighted by Gasteiger charge is 2.36. The van der Waals surface area contributed by atoms with Gasteiger partial charge in [-0.05, 0) is 25.7 Å². The largest absolute Gasteiger partial charge is 0.480 e. The number of carboxylic acids is 1. The van der Waals surface area contributed by atoms with Crippen molar-refractivity contribution in [2.45, 2.75) is 44.7 Å². The Morgan fingerprint density at radius 1 is 1.18 bits per heavy atom. The van der Waals surface area contributed by atoms with Crippen LogP contribution in [0.15, 0.2) is 0 Å². The van der Waals surface area contributed by atoms with E-state index < -0.39 is 5.97 Å². The molecule has 1 aliphatic heterocycles. The SMILES string of the molecule is CC(=O)N1CCC(N(CC(=O)O)C2CC2)CC1. The highest BCUT2D eigenvalue weighted by atomic mass is 16.4. The molecule has 0 spiro atoms. The number of piperidine rings is 1. The van der Waals surface area contributed by atoms with Crippen molar-refractivity contribution in [1.82, 2.24) is 9.80 Å². The number of carbonyl (C=O) groups excluding carboxylic acids is 1. The molecule has 2 aliphatic rings. The average molecular weight is 240 g/mol. The highest BCUT2D eigenvalue weighted by molar-refractivity contribution is 5.73. The molecule has 1 saturated carbocycles. The monoisotopic (exact) mass is 240 g/mol. The number of likely N-dealkylation sites (tertiary alicyclic amines) is 1. The van der Waals surface area contributed by atoms with Crippen molar-refractivity contribution in [2.75, 3.05) is 19.6 Å². The maximum Gasteiger partial charge on any atom is 0.317 e. The maximum atomic E-state index is 11.2. The molecule has 2 fully saturated rings. The maximum absolute atomic E-state index is 11.2. The number of rotatable bonds is 4. The van der Waals surface area contributed by atoms with Crippen molar-refractivity contribution in [3.8, 4) is 0 Å². The summed E-state index contributed by atoms with van der Waals surface area (Å²) in [5.74, 6) is -0.620. The predicted molar refractivity (Wildman–Crippen MR) is 62.6 cm³/mol. The predicted octanol–water partition coefficient (Wildman–Crippen LogP) is 0.546. The molecular weight excluding hydrogens is 220 g/mol. The number of hydrogen-bond donors (Lipinski definition) is 1. The Kier molecular flexibility index (Phi) is 3.66. The lowest BCUT2D eigenvalue weighted by Gasteiger charge is -2.37. The van der Waals surface area contributed by atoms with Gasteiger partial charge in [-0.3, -0.25) is 14.5 Å². The van der Waals surface area contributed by atoms with Crippen molar-refractivity contribution < 1.29 is 14.7 Å². The molecule has 17 heavy (non-hydrogen) atoms. The van der Waals surface area contributed by atoms with Crippen LogP contribution in [0.4, 0.5) is 0 Å². The lowest BCUT2D eigenvalue weighted by molar-refractivity contribution is -0.140. The molecule has 0 aromatic carbocycles. The first kappa shape index (κ1) is 12.4. The molecule has 1 amide bonds. The van der Waals surface area contributed by atoms with E-state index in [4.69, 9.17) is 5.11 Å². The van der Waals surface area contributed by atoms with Gasteiger partial charge in [0.15, 0.2) is 0 Å². The number of hydrogen-bond acceptors (Lipinski definition) is 3. The molecule has 2 rings (SSSR count). The van der Waals surface area contributed by atoms with E-state index >= 15 is 0 Å². The third-order valence-corrected chi connectivity index (χ3v) is 3.71. The smallest absolute Gasteiger partial charge is 0.317 e. The molecule has 1 N–H and O–H groups in total. The Morgan fingerprint density at radius 2 is 1.71 bits per heavy atom. The van der Waals surface area contributed by atoms with Crippen LogP contribution in [0.25, 0.3) is 0 Å². The van der Waals surface area contributed by atoms with Crippen molar-refractivity contribution in [3.63, 3.8) is 0 Å². The molecule has 5 heteroatoms. The van der Waals surface area contributed by atoms with Gasteiger partial charge in [0.2, 0.25) is 5.91 Å². The molecular formula is C12H20N2O3. The van der Waals surface area contributed by atoms with Gasteiger partial charge in [-0.15, -0.1) is 0 Å². The average Bonchev–Trinajstić information content (AvgIpc) is 3.09. The summed E-state index contributed by atoms with van der Waals surface area (Å²) in [5, 5.41) is 8.93. The van der Waals surface area contributed by atoms with Gasteiger partial charge >= 0.3 is 5.97 Å². The lowest BCUT2D eigenvalue weighted by Crippen LogP contribution is -2.48. The van der Waals surface area contributed by atoms with Crippen LogP contribution < -0.4 is 0 Å². The zero-order chi connectivity index (χ0) is 12.4. The molecule has 0 radical (unpaired) electrons. The lowest BCUT2D eigenvalue weighted by atomic mass is 10.0. The summed E-state index contributed by atoms with van der Waals surface area (Å²) in [7, 11) is 0. The molecule has 0 unspecified atom stereocenters. The summed E-state index contributed by atoms with van der Waals surface area (Å²) in [6.07, 6.45) is 4.06. The van der Waals surface area contributed by atoms with E-state index in [0.29, 0.717) is 12.1 Å². The second kappa shape index (κ2) is 5.04. The fourth-order valence-electron chi connectivity index (χ4n) is 2.63. The van der Waals surface area contributed by atoms with E-state index in [2.05, 4.69) is 4.90 Å². The van der Waals surface area contributed by atoms with Crippen LogP contribution in [0, 0.1) is 0 Å². The fourth-order valence-corrected chi connectivity index (χ4v) is 2.63. The van der Waals surface area contributed by atoms with Crippen LogP contribution in [-0.2, 0) is 9.59 Å². The summed E-state index contributed by atoms with van der Waals surface area (Å²) in [6.45, 7) is 3.28. The van der Waals surface area contributed by atoms with E-state index in [9.17, 15) is 9.59 Å². The van der Waals surface area contributed by atoms with Gasteiger partial charge in [0, 0.05) is 32.1 Å². The molecule has 0 aromatic heterocycles. The number of carbonyl (C=O) groups is 2. The Hall–Kier alpha value is -1.10. The standard InChI is InChI=1S/C12H20N2O3/c1-9(15)13-6-4-11(5-7-13)14(8-12(16)17)10-2-3-10/h10-11H,2-8H2,1H3,(H,16,17). The number of carboxylic acid groups (broad SMARTS) is 1. The molecule has 96 valence electrons. The van der Waals surface area contributed by atoms with Gasteiger partial charge in [-0.1, -0.05) is 0 Å². The number of aliphatic carboxylic acids is 1. The van der Waals surface area contributed by atoms with Gasteiger partial charge < -0.3 is 10.0 Å². The zero-order valence-electron chi connectivity index (χ0n) is 10.3. The van der Waals surface area contributed by atoms with Crippen LogP contribution in [0.2, 0.25) is 0 Å². The van der Waals surface area contributed by atoms with Gasteiger partial charge in [0.05, 0.1) is 6.54 Å². The third kappa shape index (κ3) is 3.19. The molecule has 1 saturated heterocycles. The first-order valence-electron chi connectivity index (χ1n) is 6.31. The van der Waals surface area contributed by atoms with E-state index in [1.807, 2.05) is 4.90 Å². The topological polar surface area (TPSA) is 60.9 Å². The quantitative estimate of drug-likeness (QED) is 0.779. The Morgan fingerprint density at radius 3 is 2.12 bits per heavy atom. The van der Waals surface area contributed by atoms with Gasteiger partial charge in [0.25, 0.3) is 0 Å². The Bertz CT molecular complexity index is 307. The Labute approximate surface area is 101 Å². The van der Waals surface area contributed by atoms with Crippen molar-refractivity contribution in [1.29, 1.82) is 0 Å². The molecule has 1 aliphatic carbocycles. The first-order chi connectivity index (χ1) is 8.08. The minimum atomic E-state index is -0.745. The second-order valence-electron chi connectivity index (χ2n) is 5.03. The van der Waals surface area contributed by atoms with Crippen LogP contribution in [0.1, 0.15) is 32.6 Å². The van der Waals surface area contributed by atoms with Crippen LogP contribution >= 0.6 is 0 Å². The minimum absolute atomic E-state index is 0.125. The molecule has 0 atom stereocenters. The molecule has 0 bridgehead atoms.